The summed E-state index contributed by atoms with van der Waals surface area (Å²) >= 11 is 0. The fourth-order valence-electron chi connectivity index (χ4n) is 6.34. The Labute approximate surface area is 231 Å². The van der Waals surface area contributed by atoms with Crippen molar-refractivity contribution in [2.45, 2.75) is 71.1 Å². The van der Waals surface area contributed by atoms with Crippen LogP contribution in [0.4, 0.5) is 8.78 Å². The van der Waals surface area contributed by atoms with Gasteiger partial charge in [0.1, 0.15) is 11.4 Å². The molecule has 1 fully saturated rings. The first-order valence-corrected chi connectivity index (χ1v) is 13.7. The number of carbonyl (C=O) groups is 2. The van der Waals surface area contributed by atoms with Crippen LogP contribution < -0.4 is 5.32 Å². The second-order valence-electron chi connectivity index (χ2n) is 11.0. The predicted molar refractivity (Wildman–Crippen MR) is 144 cm³/mol. The number of nitrogens with zero attached hydrogens (tertiary/aromatic N) is 5. The molecule has 40 heavy (non-hydrogen) atoms. The monoisotopic (exact) mass is 549 g/mol. The van der Waals surface area contributed by atoms with Crippen molar-refractivity contribution in [2.24, 2.45) is 16.8 Å². The van der Waals surface area contributed by atoms with E-state index < -0.39 is 23.2 Å². The SMILES string of the molecule is CCCC(c1ccc(C(=O)NCc2nn[nH]n2)cc1)N1C(=O)C(c2cccc(F)c2F)=NC12CC(C)CC(C)C2. The molecule has 2 N–H and O–H groups in total. The number of aliphatic imine (C=N–C) groups is 1. The fourth-order valence-corrected chi connectivity index (χ4v) is 6.34. The van der Waals surface area contributed by atoms with Gasteiger partial charge in [-0.2, -0.15) is 5.21 Å². The summed E-state index contributed by atoms with van der Waals surface area (Å²) in [5, 5.41) is 16.2. The summed E-state index contributed by atoms with van der Waals surface area (Å²) in [6.07, 6.45) is 3.72. The molecule has 0 saturated heterocycles. The molecular weight excluding hydrogens is 516 g/mol. The molecule has 0 bridgehead atoms. The Bertz CT molecular complexity index is 1400. The van der Waals surface area contributed by atoms with Gasteiger partial charge < -0.3 is 10.2 Å². The van der Waals surface area contributed by atoms with Gasteiger partial charge >= 0.3 is 0 Å². The summed E-state index contributed by atoms with van der Waals surface area (Å²) in [5.41, 5.74) is 0.302. The highest BCUT2D eigenvalue weighted by molar-refractivity contribution is 6.46. The molecule has 2 heterocycles. The Morgan fingerprint density at radius 2 is 1.88 bits per heavy atom. The van der Waals surface area contributed by atoms with E-state index in [2.05, 4.69) is 39.8 Å². The molecule has 3 aromatic rings. The van der Waals surface area contributed by atoms with Crippen LogP contribution in [0.2, 0.25) is 0 Å². The van der Waals surface area contributed by atoms with Crippen molar-refractivity contribution in [1.29, 1.82) is 0 Å². The Morgan fingerprint density at radius 3 is 2.52 bits per heavy atom. The molecule has 11 heteroatoms. The number of aromatic amines is 1. The third kappa shape index (κ3) is 5.24. The summed E-state index contributed by atoms with van der Waals surface area (Å²) in [6, 6.07) is 10.6. The topological polar surface area (TPSA) is 116 Å². The highest BCUT2D eigenvalue weighted by Crippen LogP contribution is 2.48. The van der Waals surface area contributed by atoms with Crippen LogP contribution in [-0.2, 0) is 11.3 Å². The number of halogens is 2. The van der Waals surface area contributed by atoms with Gasteiger partial charge in [0.2, 0.25) is 0 Å². The number of aromatic nitrogens is 4. The molecule has 1 spiro atoms. The first-order valence-electron chi connectivity index (χ1n) is 13.7. The standard InChI is InChI=1S/C29H33F2N7O2/c1-4-6-23(19-9-11-20(12-10-19)27(39)32-16-24-34-36-37-35-24)38-28(40)26(21-7-5-8-22(30)25(21)31)33-29(38)14-17(2)13-18(3)15-29/h5,7-12,17-18,23H,4,6,13-16H2,1-3H3,(H,32,39)(H,34,35,36,37). The van der Waals surface area contributed by atoms with Crippen LogP contribution in [0.5, 0.6) is 0 Å². The highest BCUT2D eigenvalue weighted by Gasteiger charge is 2.53. The molecule has 1 aromatic heterocycles. The molecule has 3 unspecified atom stereocenters. The molecule has 5 rings (SSSR count). The molecule has 1 aliphatic heterocycles. The normalized spacial score (nSPS) is 23.4. The van der Waals surface area contributed by atoms with Crippen molar-refractivity contribution in [3.05, 3.63) is 76.6 Å². The van der Waals surface area contributed by atoms with Crippen LogP contribution in [0, 0.1) is 23.5 Å². The molecule has 2 amide bonds. The van der Waals surface area contributed by atoms with E-state index in [0.717, 1.165) is 24.5 Å². The third-order valence-electron chi connectivity index (χ3n) is 7.78. The minimum atomic E-state index is -1.06. The fraction of sp³-hybridized carbons (Fsp3) is 0.448. The number of tetrazole rings is 1. The molecular formula is C29H33F2N7O2. The van der Waals surface area contributed by atoms with Crippen LogP contribution in [-0.4, -0.2) is 48.7 Å². The van der Waals surface area contributed by atoms with Crippen LogP contribution in [0.25, 0.3) is 0 Å². The molecule has 2 aromatic carbocycles. The number of rotatable bonds is 8. The molecule has 210 valence electrons. The Hall–Kier alpha value is -4.02. The number of benzene rings is 2. The van der Waals surface area contributed by atoms with Gasteiger partial charge in [0.25, 0.3) is 11.8 Å². The van der Waals surface area contributed by atoms with Crippen LogP contribution in [0.3, 0.4) is 0 Å². The van der Waals surface area contributed by atoms with Crippen molar-refractivity contribution in [3.8, 4) is 0 Å². The Morgan fingerprint density at radius 1 is 1.15 bits per heavy atom. The van der Waals surface area contributed by atoms with E-state index in [0.29, 0.717) is 42.5 Å². The molecule has 9 nitrogen and oxygen atoms in total. The van der Waals surface area contributed by atoms with E-state index in [-0.39, 0.29) is 29.8 Å². The first-order chi connectivity index (χ1) is 19.2. The third-order valence-corrected chi connectivity index (χ3v) is 7.78. The van der Waals surface area contributed by atoms with Gasteiger partial charge in [-0.1, -0.05) is 50.6 Å². The summed E-state index contributed by atoms with van der Waals surface area (Å²) in [4.78, 5) is 33.6. The van der Waals surface area contributed by atoms with Gasteiger partial charge in [-0.3, -0.25) is 14.6 Å². The quantitative estimate of drug-likeness (QED) is 0.421. The number of hydrogen-bond donors (Lipinski definition) is 2. The van der Waals surface area contributed by atoms with Gasteiger partial charge in [0.05, 0.1) is 12.6 Å². The lowest BCUT2D eigenvalue weighted by molar-refractivity contribution is -0.134. The molecule has 1 saturated carbocycles. The second-order valence-corrected chi connectivity index (χ2v) is 11.0. The smallest absolute Gasteiger partial charge is 0.275 e. The summed E-state index contributed by atoms with van der Waals surface area (Å²) in [7, 11) is 0. The average Bonchev–Trinajstić information content (AvgIpc) is 3.53. The predicted octanol–water partition coefficient (Wildman–Crippen LogP) is 4.73. The number of H-pyrrole nitrogens is 1. The lowest BCUT2D eigenvalue weighted by Gasteiger charge is -2.47. The number of nitrogens with one attached hydrogen (secondary N) is 2. The highest BCUT2D eigenvalue weighted by atomic mass is 19.2. The summed E-state index contributed by atoms with van der Waals surface area (Å²) < 4.78 is 29.1. The van der Waals surface area contributed by atoms with E-state index >= 15 is 0 Å². The van der Waals surface area contributed by atoms with Gasteiger partial charge in [-0.15, -0.1) is 10.2 Å². The maximum absolute atomic E-state index is 14.9. The van der Waals surface area contributed by atoms with Crippen molar-refractivity contribution in [3.63, 3.8) is 0 Å². The van der Waals surface area contributed by atoms with Gasteiger partial charge in [-0.05, 0) is 67.3 Å². The minimum absolute atomic E-state index is 0.0307. The molecule has 1 aliphatic carbocycles. The zero-order chi connectivity index (χ0) is 28.4. The van der Waals surface area contributed by atoms with Gasteiger partial charge in [-0.25, -0.2) is 8.78 Å². The van der Waals surface area contributed by atoms with Crippen molar-refractivity contribution in [1.82, 2.24) is 30.8 Å². The molecule has 0 radical (unpaired) electrons. The Balaban J connectivity index is 1.49. The van der Waals surface area contributed by atoms with E-state index in [1.54, 1.807) is 12.1 Å². The number of carbonyl (C=O) groups excluding carboxylic acids is 2. The van der Waals surface area contributed by atoms with E-state index in [1.165, 1.54) is 12.1 Å². The van der Waals surface area contributed by atoms with E-state index in [9.17, 15) is 18.4 Å². The molecule has 3 atom stereocenters. The van der Waals surface area contributed by atoms with E-state index in [4.69, 9.17) is 4.99 Å². The first kappa shape index (κ1) is 27.5. The maximum atomic E-state index is 14.9. The zero-order valence-electron chi connectivity index (χ0n) is 22.8. The van der Waals surface area contributed by atoms with Crippen LogP contribution >= 0.6 is 0 Å². The second kappa shape index (κ2) is 11.2. The number of amides is 2. The zero-order valence-corrected chi connectivity index (χ0v) is 22.8. The molecule has 2 aliphatic rings. The summed E-state index contributed by atoms with van der Waals surface area (Å²) in [5.74, 6) is -1.80. The lowest BCUT2D eigenvalue weighted by Crippen LogP contribution is -2.52. The lowest BCUT2D eigenvalue weighted by atomic mass is 9.75. The van der Waals surface area contributed by atoms with Crippen molar-refractivity contribution < 1.29 is 18.4 Å². The Kier molecular flexibility index (Phi) is 7.73. The maximum Gasteiger partial charge on any atom is 0.275 e. The summed E-state index contributed by atoms with van der Waals surface area (Å²) in [6.45, 7) is 6.47. The van der Waals surface area contributed by atoms with Crippen LogP contribution in [0.1, 0.15) is 86.2 Å². The van der Waals surface area contributed by atoms with E-state index in [1.807, 2.05) is 24.0 Å². The average molecular weight is 550 g/mol. The minimum Gasteiger partial charge on any atom is -0.345 e. The van der Waals surface area contributed by atoms with Gasteiger partial charge in [0, 0.05) is 11.1 Å². The van der Waals surface area contributed by atoms with Crippen molar-refractivity contribution >= 4 is 17.5 Å². The number of hydrogen-bond acceptors (Lipinski definition) is 6. The largest absolute Gasteiger partial charge is 0.345 e. The van der Waals surface area contributed by atoms with Crippen molar-refractivity contribution in [2.75, 3.05) is 0 Å². The van der Waals surface area contributed by atoms with Crippen LogP contribution in [0.15, 0.2) is 47.5 Å². The van der Waals surface area contributed by atoms with Gasteiger partial charge in [0.15, 0.2) is 17.5 Å².